The molecule has 3 aromatic carbocycles. The zero-order valence-corrected chi connectivity index (χ0v) is 18.2. The molecule has 0 aliphatic carbocycles. The monoisotopic (exact) mass is 456 g/mol. The van der Waals surface area contributed by atoms with Gasteiger partial charge in [0.2, 0.25) is 0 Å². The van der Waals surface area contributed by atoms with Gasteiger partial charge in [-0.25, -0.2) is 5.43 Å². The van der Waals surface area contributed by atoms with E-state index in [0.29, 0.717) is 17.1 Å². The Morgan fingerprint density at radius 3 is 2.74 bits per heavy atom. The first-order valence-electron chi connectivity index (χ1n) is 10.3. The minimum atomic E-state index is -0.560. The lowest BCUT2D eigenvalue weighted by Gasteiger charge is -2.12. The highest BCUT2D eigenvalue weighted by Gasteiger charge is 2.11. The number of hydrogen-bond donors (Lipinski definition) is 1. The topological polar surface area (TPSA) is 116 Å². The van der Waals surface area contributed by atoms with Crippen molar-refractivity contribution in [3.05, 3.63) is 106 Å². The molecule has 9 heteroatoms. The molecule has 1 amide bonds. The summed E-state index contributed by atoms with van der Waals surface area (Å²) in [6.45, 7) is 0.237. The van der Waals surface area contributed by atoms with Crippen LogP contribution in [0.1, 0.15) is 21.5 Å². The quantitative estimate of drug-likeness (QED) is 0.237. The minimum Gasteiger partial charge on any atom is -0.496 e. The fourth-order valence-electron chi connectivity index (χ4n) is 3.33. The van der Waals surface area contributed by atoms with Crippen LogP contribution in [0.25, 0.3) is 10.9 Å². The number of nitrogens with zero attached hydrogens (tertiary/aromatic N) is 3. The van der Waals surface area contributed by atoms with Crippen molar-refractivity contribution in [1.29, 1.82) is 0 Å². The van der Waals surface area contributed by atoms with Crippen LogP contribution in [-0.2, 0) is 6.61 Å². The maximum Gasteiger partial charge on any atom is 0.271 e. The van der Waals surface area contributed by atoms with E-state index in [9.17, 15) is 14.9 Å². The second-order valence-electron chi connectivity index (χ2n) is 7.20. The molecule has 4 rings (SSSR count). The molecular weight excluding hydrogens is 436 g/mol. The molecule has 0 atom stereocenters. The highest BCUT2D eigenvalue weighted by Crippen LogP contribution is 2.26. The van der Waals surface area contributed by atoms with E-state index in [4.69, 9.17) is 9.47 Å². The molecule has 0 aliphatic heterocycles. The highest BCUT2D eigenvalue weighted by molar-refractivity contribution is 5.95. The van der Waals surface area contributed by atoms with E-state index in [1.165, 1.54) is 30.5 Å². The van der Waals surface area contributed by atoms with Crippen molar-refractivity contribution in [2.45, 2.75) is 6.61 Å². The smallest absolute Gasteiger partial charge is 0.271 e. The second kappa shape index (κ2) is 10.2. The van der Waals surface area contributed by atoms with Crippen LogP contribution in [0.3, 0.4) is 0 Å². The average molecular weight is 456 g/mol. The van der Waals surface area contributed by atoms with Crippen molar-refractivity contribution in [3.8, 4) is 11.5 Å². The van der Waals surface area contributed by atoms with E-state index in [-0.39, 0.29) is 17.9 Å². The summed E-state index contributed by atoms with van der Waals surface area (Å²) in [4.78, 5) is 27.0. The second-order valence-corrected chi connectivity index (χ2v) is 7.20. The molecule has 9 nitrogen and oxygen atoms in total. The molecule has 0 saturated heterocycles. The third-order valence-corrected chi connectivity index (χ3v) is 4.98. The van der Waals surface area contributed by atoms with Crippen molar-refractivity contribution in [3.63, 3.8) is 0 Å². The predicted molar refractivity (Wildman–Crippen MR) is 127 cm³/mol. The summed E-state index contributed by atoms with van der Waals surface area (Å²) in [7, 11) is 1.57. The van der Waals surface area contributed by atoms with Crippen LogP contribution < -0.4 is 14.9 Å². The van der Waals surface area contributed by atoms with Gasteiger partial charge in [0.15, 0.2) is 0 Å². The van der Waals surface area contributed by atoms with E-state index >= 15 is 0 Å². The van der Waals surface area contributed by atoms with Gasteiger partial charge in [-0.1, -0.05) is 24.3 Å². The standard InChI is InChI=1S/C25H20N4O5/c1-33-22-11-10-17(15-27-28-25(30)19-6-2-8-21(14-19)29(31)32)13-20(22)16-34-23-9-3-5-18-7-4-12-26-24(18)23/h2-15H,16H2,1H3,(H,28,30)/b27-15+. The number of nitro groups is 1. The van der Waals surface area contributed by atoms with Gasteiger partial charge in [0, 0.05) is 34.8 Å². The van der Waals surface area contributed by atoms with E-state index in [1.54, 1.807) is 25.4 Å². The molecule has 0 aliphatic rings. The number of nitrogens with one attached hydrogen (secondary N) is 1. The SMILES string of the molecule is COc1ccc(/C=N/NC(=O)c2cccc([N+](=O)[O-])c2)cc1COc1cccc2cccnc12. The molecule has 0 saturated carbocycles. The van der Waals surface area contributed by atoms with Crippen molar-refractivity contribution >= 4 is 28.7 Å². The Bertz CT molecular complexity index is 1380. The number of nitro benzene ring substituents is 1. The van der Waals surface area contributed by atoms with Crippen LogP contribution >= 0.6 is 0 Å². The summed E-state index contributed by atoms with van der Waals surface area (Å²) in [5, 5.41) is 15.8. The van der Waals surface area contributed by atoms with Gasteiger partial charge in [0.25, 0.3) is 11.6 Å². The average Bonchev–Trinajstić information content (AvgIpc) is 2.87. The summed E-state index contributed by atoms with van der Waals surface area (Å²) < 4.78 is 11.5. The van der Waals surface area contributed by atoms with Crippen molar-refractivity contribution in [2.24, 2.45) is 5.10 Å². The van der Waals surface area contributed by atoms with Crippen molar-refractivity contribution < 1.29 is 19.2 Å². The number of aromatic nitrogens is 1. The van der Waals surface area contributed by atoms with Gasteiger partial charge in [-0.2, -0.15) is 5.10 Å². The van der Waals surface area contributed by atoms with E-state index in [0.717, 1.165) is 16.5 Å². The van der Waals surface area contributed by atoms with Crippen LogP contribution in [-0.4, -0.2) is 29.1 Å². The molecular formula is C25H20N4O5. The first-order chi connectivity index (χ1) is 16.5. The summed E-state index contributed by atoms with van der Waals surface area (Å²) >= 11 is 0. The number of rotatable bonds is 8. The minimum absolute atomic E-state index is 0.138. The van der Waals surface area contributed by atoms with Crippen LogP contribution in [0, 0.1) is 10.1 Å². The number of amides is 1. The molecule has 0 spiro atoms. The number of non-ortho nitro benzene ring substituents is 1. The Balaban J connectivity index is 1.46. The Hall–Kier alpha value is -4.79. The molecule has 0 fully saturated rings. The van der Waals surface area contributed by atoms with Gasteiger partial charge in [0.1, 0.15) is 23.6 Å². The van der Waals surface area contributed by atoms with Crippen LogP contribution in [0.4, 0.5) is 5.69 Å². The van der Waals surface area contributed by atoms with Crippen LogP contribution in [0.15, 0.2) is 84.1 Å². The number of hydrazone groups is 1. The maximum absolute atomic E-state index is 12.3. The molecule has 34 heavy (non-hydrogen) atoms. The highest BCUT2D eigenvalue weighted by atomic mass is 16.6. The number of carbonyl (C=O) groups is 1. The summed E-state index contributed by atoms with van der Waals surface area (Å²) in [5.41, 5.74) is 4.60. The fraction of sp³-hybridized carbons (Fsp3) is 0.0800. The van der Waals surface area contributed by atoms with Gasteiger partial charge in [0.05, 0.1) is 18.2 Å². The van der Waals surface area contributed by atoms with Gasteiger partial charge in [-0.3, -0.25) is 19.9 Å². The zero-order valence-electron chi connectivity index (χ0n) is 18.2. The Morgan fingerprint density at radius 2 is 1.91 bits per heavy atom. The maximum atomic E-state index is 12.3. The number of pyridine rings is 1. The third-order valence-electron chi connectivity index (χ3n) is 4.98. The molecule has 4 aromatic rings. The van der Waals surface area contributed by atoms with Crippen LogP contribution in [0.5, 0.6) is 11.5 Å². The molecule has 0 unspecified atom stereocenters. The van der Waals surface area contributed by atoms with Gasteiger partial charge in [-0.05, 0) is 42.0 Å². The van der Waals surface area contributed by atoms with Gasteiger partial charge < -0.3 is 9.47 Å². The summed E-state index contributed by atoms with van der Waals surface area (Å²) in [6, 6.07) is 20.4. The molecule has 0 bridgehead atoms. The molecule has 170 valence electrons. The number of methoxy groups -OCH3 is 1. The lowest BCUT2D eigenvalue weighted by Crippen LogP contribution is -2.17. The number of ether oxygens (including phenoxy) is 2. The predicted octanol–water partition coefficient (Wildman–Crippen LogP) is 4.49. The first kappa shape index (κ1) is 22.4. The molecule has 1 heterocycles. The lowest BCUT2D eigenvalue weighted by atomic mass is 10.1. The number of benzene rings is 3. The van der Waals surface area contributed by atoms with Gasteiger partial charge >= 0.3 is 0 Å². The normalized spacial score (nSPS) is 10.9. The number of fused-ring (bicyclic) bond motifs is 1. The number of carbonyl (C=O) groups excluding carboxylic acids is 1. The van der Waals surface area contributed by atoms with Gasteiger partial charge in [-0.15, -0.1) is 0 Å². The van der Waals surface area contributed by atoms with Crippen molar-refractivity contribution in [2.75, 3.05) is 7.11 Å². The molecule has 1 aromatic heterocycles. The Labute approximate surface area is 194 Å². The Kier molecular flexibility index (Phi) is 6.73. The van der Waals surface area contributed by atoms with E-state index in [1.807, 2.05) is 36.4 Å². The number of hydrogen-bond acceptors (Lipinski definition) is 7. The summed E-state index contributed by atoms with van der Waals surface area (Å²) in [5.74, 6) is 0.745. The first-order valence-corrected chi connectivity index (χ1v) is 10.3. The largest absolute Gasteiger partial charge is 0.496 e. The van der Waals surface area contributed by atoms with Crippen molar-refractivity contribution in [1.82, 2.24) is 10.4 Å². The fourth-order valence-corrected chi connectivity index (χ4v) is 3.33. The molecule has 1 N–H and O–H groups in total. The summed E-state index contributed by atoms with van der Waals surface area (Å²) in [6.07, 6.45) is 3.19. The third kappa shape index (κ3) is 5.16. The zero-order chi connectivity index (χ0) is 23.9. The number of para-hydroxylation sites is 1. The van der Waals surface area contributed by atoms with E-state index < -0.39 is 10.8 Å². The lowest BCUT2D eigenvalue weighted by molar-refractivity contribution is -0.384. The molecule has 0 radical (unpaired) electrons. The Morgan fingerprint density at radius 1 is 1.09 bits per heavy atom. The van der Waals surface area contributed by atoms with E-state index in [2.05, 4.69) is 15.5 Å². The van der Waals surface area contributed by atoms with Crippen LogP contribution in [0.2, 0.25) is 0 Å².